The van der Waals surface area contributed by atoms with Crippen LogP contribution in [0.5, 0.6) is 0 Å². The van der Waals surface area contributed by atoms with Crippen LogP contribution in [-0.4, -0.2) is 12.5 Å². The fourth-order valence-corrected chi connectivity index (χ4v) is 2.29. The monoisotopic (exact) mass is 363 g/mol. The summed E-state index contributed by atoms with van der Waals surface area (Å²) in [7, 11) is 0. The van der Waals surface area contributed by atoms with Crippen molar-refractivity contribution in [3.8, 4) is 6.07 Å². The summed E-state index contributed by atoms with van der Waals surface area (Å²) < 4.78 is 0.873. The number of nitrogens with one attached hydrogen (secondary N) is 2. The van der Waals surface area contributed by atoms with Gasteiger partial charge >= 0.3 is 0 Å². The summed E-state index contributed by atoms with van der Waals surface area (Å²) in [5.41, 5.74) is 1.59. The molecular weight excluding hydrogens is 354 g/mol. The molecule has 0 bridgehead atoms. The van der Waals surface area contributed by atoms with Crippen LogP contribution < -0.4 is 10.6 Å². The van der Waals surface area contributed by atoms with Crippen molar-refractivity contribution >= 4 is 44.8 Å². The molecule has 0 spiro atoms. The van der Waals surface area contributed by atoms with Crippen LogP contribution in [0.15, 0.2) is 46.9 Å². The number of benzene rings is 2. The molecule has 0 unspecified atom stereocenters. The number of amides is 1. The lowest BCUT2D eigenvalue weighted by Crippen LogP contribution is -2.22. The molecule has 6 heteroatoms. The second-order valence-electron chi connectivity index (χ2n) is 4.18. The first kappa shape index (κ1) is 15.4. The molecule has 0 fully saturated rings. The van der Waals surface area contributed by atoms with Gasteiger partial charge in [0.25, 0.3) is 0 Å². The van der Waals surface area contributed by atoms with Crippen molar-refractivity contribution in [1.29, 1.82) is 5.26 Å². The predicted molar refractivity (Wildman–Crippen MR) is 87.4 cm³/mol. The summed E-state index contributed by atoms with van der Waals surface area (Å²) in [4.78, 5) is 11.9. The summed E-state index contributed by atoms with van der Waals surface area (Å²) in [6, 6.07) is 14.2. The molecule has 0 aliphatic carbocycles. The lowest BCUT2D eigenvalue weighted by Gasteiger charge is -2.10. The molecular formula is C15H11BrClN3O. The first-order valence-corrected chi connectivity index (χ1v) is 7.25. The van der Waals surface area contributed by atoms with Crippen molar-refractivity contribution in [3.63, 3.8) is 0 Å². The molecule has 0 heterocycles. The number of hydrogen-bond donors (Lipinski definition) is 2. The Labute approximate surface area is 135 Å². The van der Waals surface area contributed by atoms with Gasteiger partial charge in [0.15, 0.2) is 0 Å². The maximum absolute atomic E-state index is 11.9. The minimum Gasteiger partial charge on any atom is -0.375 e. The van der Waals surface area contributed by atoms with Crippen molar-refractivity contribution < 1.29 is 4.79 Å². The van der Waals surface area contributed by atoms with Crippen LogP contribution >= 0.6 is 27.5 Å². The van der Waals surface area contributed by atoms with Gasteiger partial charge in [-0.1, -0.05) is 23.7 Å². The number of para-hydroxylation sites is 1. The number of nitriles is 1. The van der Waals surface area contributed by atoms with E-state index in [4.69, 9.17) is 16.9 Å². The third-order valence-corrected chi connectivity index (χ3v) is 3.62. The fraction of sp³-hybridized carbons (Fsp3) is 0.0667. The summed E-state index contributed by atoms with van der Waals surface area (Å²) >= 11 is 9.26. The average molecular weight is 365 g/mol. The maximum atomic E-state index is 11.9. The molecule has 2 N–H and O–H groups in total. The topological polar surface area (TPSA) is 64.9 Å². The van der Waals surface area contributed by atoms with Gasteiger partial charge in [-0.2, -0.15) is 5.26 Å². The van der Waals surface area contributed by atoms with E-state index in [-0.39, 0.29) is 12.5 Å². The first-order valence-electron chi connectivity index (χ1n) is 6.08. The van der Waals surface area contributed by atoms with Crippen LogP contribution in [-0.2, 0) is 4.79 Å². The molecule has 0 aromatic heterocycles. The molecule has 106 valence electrons. The molecule has 0 saturated heterocycles. The van der Waals surface area contributed by atoms with E-state index in [9.17, 15) is 4.79 Å². The number of hydrogen-bond acceptors (Lipinski definition) is 3. The highest BCUT2D eigenvalue weighted by Gasteiger charge is 2.08. The third kappa shape index (κ3) is 4.22. The lowest BCUT2D eigenvalue weighted by molar-refractivity contribution is -0.114. The molecule has 2 rings (SSSR count). The molecule has 21 heavy (non-hydrogen) atoms. The maximum Gasteiger partial charge on any atom is 0.243 e. The van der Waals surface area contributed by atoms with Crippen molar-refractivity contribution in [2.75, 3.05) is 17.2 Å². The molecule has 1 amide bonds. The summed E-state index contributed by atoms with van der Waals surface area (Å²) in [5.74, 6) is -0.260. The minimum atomic E-state index is -0.260. The minimum absolute atomic E-state index is 0.0833. The Morgan fingerprint density at radius 3 is 2.71 bits per heavy atom. The van der Waals surface area contributed by atoms with Gasteiger partial charge in [0.05, 0.1) is 17.8 Å². The van der Waals surface area contributed by atoms with E-state index in [0.717, 1.165) is 10.2 Å². The Morgan fingerprint density at radius 1 is 1.24 bits per heavy atom. The van der Waals surface area contributed by atoms with Gasteiger partial charge in [-0.3, -0.25) is 4.79 Å². The van der Waals surface area contributed by atoms with E-state index in [1.807, 2.05) is 30.3 Å². The Morgan fingerprint density at radius 2 is 2.00 bits per heavy atom. The third-order valence-electron chi connectivity index (χ3n) is 2.69. The number of anilines is 2. The van der Waals surface area contributed by atoms with Crippen molar-refractivity contribution in [3.05, 3.63) is 57.5 Å². The zero-order chi connectivity index (χ0) is 15.2. The fourth-order valence-electron chi connectivity index (χ4n) is 1.69. The standard InChI is InChI=1S/C15H11BrClN3O/c16-12-3-1-2-4-13(12)19-9-15(21)20-14-7-11(17)6-5-10(14)8-18/h1-7,19H,9H2,(H,20,21). The molecule has 0 atom stereocenters. The number of carbonyl (C=O) groups excluding carboxylic acids is 1. The van der Waals surface area contributed by atoms with Gasteiger partial charge in [-0.05, 0) is 46.3 Å². The zero-order valence-electron chi connectivity index (χ0n) is 10.9. The second kappa shape index (κ2) is 7.11. The molecule has 0 radical (unpaired) electrons. The molecule has 2 aromatic carbocycles. The van der Waals surface area contributed by atoms with Crippen LogP contribution in [0.4, 0.5) is 11.4 Å². The SMILES string of the molecule is N#Cc1ccc(Cl)cc1NC(=O)CNc1ccccc1Br. The van der Waals surface area contributed by atoms with Crippen LogP contribution in [0.1, 0.15) is 5.56 Å². The van der Waals surface area contributed by atoms with Gasteiger partial charge in [-0.15, -0.1) is 0 Å². The average Bonchev–Trinajstić information content (AvgIpc) is 2.47. The predicted octanol–water partition coefficient (Wildman–Crippen LogP) is 4.02. The highest BCUT2D eigenvalue weighted by Crippen LogP contribution is 2.22. The highest BCUT2D eigenvalue weighted by molar-refractivity contribution is 9.10. The largest absolute Gasteiger partial charge is 0.375 e. The van der Waals surface area contributed by atoms with E-state index in [1.165, 1.54) is 0 Å². The normalized spacial score (nSPS) is 9.76. The van der Waals surface area contributed by atoms with Crippen molar-refractivity contribution in [2.24, 2.45) is 0 Å². The molecule has 0 aliphatic rings. The summed E-state index contributed by atoms with van der Waals surface area (Å²) in [5, 5.41) is 15.1. The lowest BCUT2D eigenvalue weighted by atomic mass is 10.2. The molecule has 0 saturated carbocycles. The highest BCUT2D eigenvalue weighted by atomic mass is 79.9. The van der Waals surface area contributed by atoms with Crippen LogP contribution in [0, 0.1) is 11.3 Å². The Kier molecular flexibility index (Phi) is 5.20. The van der Waals surface area contributed by atoms with Gasteiger partial charge in [0.1, 0.15) is 6.07 Å². The Balaban J connectivity index is 2.01. The smallest absolute Gasteiger partial charge is 0.243 e. The molecule has 4 nitrogen and oxygen atoms in total. The Bertz CT molecular complexity index is 712. The zero-order valence-corrected chi connectivity index (χ0v) is 13.2. The number of carbonyl (C=O) groups is 1. The van der Waals surface area contributed by atoms with Crippen LogP contribution in [0.25, 0.3) is 0 Å². The van der Waals surface area contributed by atoms with Gasteiger partial charge in [0.2, 0.25) is 5.91 Å². The van der Waals surface area contributed by atoms with E-state index in [2.05, 4.69) is 26.6 Å². The second-order valence-corrected chi connectivity index (χ2v) is 5.47. The summed E-state index contributed by atoms with van der Waals surface area (Å²) in [6.45, 7) is 0.0833. The van der Waals surface area contributed by atoms with Gasteiger partial charge in [-0.25, -0.2) is 0 Å². The van der Waals surface area contributed by atoms with Crippen molar-refractivity contribution in [2.45, 2.75) is 0 Å². The quantitative estimate of drug-likeness (QED) is 0.861. The summed E-state index contributed by atoms with van der Waals surface area (Å²) in [6.07, 6.45) is 0. The van der Waals surface area contributed by atoms with Crippen LogP contribution in [0.2, 0.25) is 5.02 Å². The first-order chi connectivity index (χ1) is 10.1. The van der Waals surface area contributed by atoms with E-state index < -0.39 is 0 Å². The van der Waals surface area contributed by atoms with Gasteiger partial charge < -0.3 is 10.6 Å². The van der Waals surface area contributed by atoms with Gasteiger partial charge in [0, 0.05) is 15.2 Å². The number of halogens is 2. The van der Waals surface area contributed by atoms with Crippen molar-refractivity contribution in [1.82, 2.24) is 0 Å². The number of rotatable bonds is 4. The van der Waals surface area contributed by atoms with E-state index >= 15 is 0 Å². The molecule has 2 aromatic rings. The van der Waals surface area contributed by atoms with Crippen LogP contribution in [0.3, 0.4) is 0 Å². The number of nitrogens with zero attached hydrogens (tertiary/aromatic N) is 1. The Hall–Kier alpha value is -2.03. The van der Waals surface area contributed by atoms with E-state index in [1.54, 1.807) is 18.2 Å². The molecule has 0 aliphatic heterocycles. The van der Waals surface area contributed by atoms with E-state index in [0.29, 0.717) is 16.3 Å².